The van der Waals surface area contributed by atoms with E-state index in [4.69, 9.17) is 9.47 Å². The van der Waals surface area contributed by atoms with E-state index in [1.165, 1.54) is 0 Å². The second kappa shape index (κ2) is 10.8. The van der Waals surface area contributed by atoms with E-state index in [0.29, 0.717) is 12.5 Å². The van der Waals surface area contributed by atoms with Gasteiger partial charge in [0.25, 0.3) is 0 Å². The lowest BCUT2D eigenvalue weighted by Gasteiger charge is -2.11. The average molecular weight is 891 g/mol. The Morgan fingerprint density at radius 2 is 1.62 bits per heavy atom. The van der Waals surface area contributed by atoms with Crippen LogP contribution >= 0.6 is 99.6 Å². The fourth-order valence-electron chi connectivity index (χ4n) is 2.86. The number of cyclic esters (lactones) is 1. The van der Waals surface area contributed by atoms with Gasteiger partial charge in [-0.3, -0.25) is 0 Å². The summed E-state index contributed by atoms with van der Waals surface area (Å²) in [5, 5.41) is 0. The normalized spacial score (nSPS) is 14.5. The van der Waals surface area contributed by atoms with Crippen LogP contribution in [0.15, 0.2) is 74.2 Å². The van der Waals surface area contributed by atoms with Crippen LogP contribution < -0.4 is 4.74 Å². The van der Waals surface area contributed by atoms with Gasteiger partial charge in [0.2, 0.25) is 5.90 Å². The summed E-state index contributed by atoms with van der Waals surface area (Å²) >= 11 is 13.7. The van der Waals surface area contributed by atoms with Gasteiger partial charge in [-0.2, -0.15) is 0 Å². The number of carbonyl (C=O) groups excluding carboxylic acids is 1. The van der Waals surface area contributed by atoms with Crippen molar-refractivity contribution in [2.24, 2.45) is 4.99 Å². The fraction of sp³-hybridized carbons (Fsp3) is 0.0435. The van der Waals surface area contributed by atoms with Gasteiger partial charge in [-0.05, 0) is 143 Å². The Morgan fingerprint density at radius 1 is 0.938 bits per heavy atom. The molecule has 0 amide bonds. The molecule has 0 spiro atoms. The fourth-order valence-corrected chi connectivity index (χ4v) is 5.96. The van der Waals surface area contributed by atoms with Gasteiger partial charge in [-0.15, -0.1) is 0 Å². The van der Waals surface area contributed by atoms with Crippen molar-refractivity contribution in [2.75, 3.05) is 0 Å². The standard InChI is InChI=1S/C23H12Br2I3NO3/c24-15-4-1-12(2-5-15)11-31-21-18(27)7-13(8-19(21)28)9-20-23(30)32-22(29-20)14-3-6-17(26)16(25)10-14/h1-10H,11H2/b20-9-. The van der Waals surface area contributed by atoms with Gasteiger partial charge in [-0.1, -0.05) is 28.1 Å². The summed E-state index contributed by atoms with van der Waals surface area (Å²) in [5.74, 6) is 0.658. The second-order valence-corrected chi connectivity index (χ2v) is 12.0. The highest BCUT2D eigenvalue weighted by Crippen LogP contribution is 2.31. The molecule has 0 aliphatic carbocycles. The van der Waals surface area contributed by atoms with Crippen molar-refractivity contribution in [3.8, 4) is 5.75 Å². The van der Waals surface area contributed by atoms with Gasteiger partial charge in [0, 0.05) is 18.1 Å². The zero-order valence-electron chi connectivity index (χ0n) is 16.0. The number of carbonyl (C=O) groups is 1. The van der Waals surface area contributed by atoms with Crippen molar-refractivity contribution in [2.45, 2.75) is 6.61 Å². The average Bonchev–Trinajstić information content (AvgIpc) is 3.11. The molecule has 0 N–H and O–H groups in total. The molecule has 1 heterocycles. The predicted molar refractivity (Wildman–Crippen MR) is 158 cm³/mol. The third-order valence-electron chi connectivity index (χ3n) is 4.41. The van der Waals surface area contributed by atoms with E-state index in [9.17, 15) is 4.79 Å². The molecular weight excluding hydrogens is 879 g/mol. The first-order valence-electron chi connectivity index (χ1n) is 9.14. The van der Waals surface area contributed by atoms with Crippen LogP contribution in [0, 0.1) is 10.7 Å². The van der Waals surface area contributed by atoms with Crippen LogP contribution in [0.4, 0.5) is 0 Å². The molecule has 162 valence electrons. The maximum atomic E-state index is 12.4. The number of esters is 1. The van der Waals surface area contributed by atoms with Crippen molar-refractivity contribution in [3.05, 3.63) is 96.6 Å². The lowest BCUT2D eigenvalue weighted by atomic mass is 10.2. The Bertz CT molecular complexity index is 1250. The van der Waals surface area contributed by atoms with Crippen molar-refractivity contribution >= 4 is 118 Å². The summed E-state index contributed by atoms with van der Waals surface area (Å²) < 4.78 is 16.4. The third-order valence-corrected chi connectivity index (χ3v) is 8.88. The molecule has 0 bridgehead atoms. The molecule has 1 aliphatic heterocycles. The highest BCUT2D eigenvalue weighted by molar-refractivity contribution is 14.1. The molecule has 9 heteroatoms. The van der Waals surface area contributed by atoms with Gasteiger partial charge in [0.15, 0.2) is 5.70 Å². The first-order valence-corrected chi connectivity index (χ1v) is 14.0. The number of rotatable bonds is 5. The van der Waals surface area contributed by atoms with Crippen molar-refractivity contribution in [1.82, 2.24) is 0 Å². The summed E-state index contributed by atoms with van der Waals surface area (Å²) in [6.45, 7) is 0.477. The summed E-state index contributed by atoms with van der Waals surface area (Å²) in [6, 6.07) is 17.7. The number of nitrogens with zero attached hydrogens (tertiary/aromatic N) is 1. The monoisotopic (exact) mass is 889 g/mol. The van der Waals surface area contributed by atoms with E-state index in [0.717, 1.165) is 42.1 Å². The molecule has 0 saturated carbocycles. The predicted octanol–water partition coefficient (Wildman–Crippen LogP) is 7.95. The topological polar surface area (TPSA) is 47.9 Å². The van der Waals surface area contributed by atoms with E-state index in [2.05, 4.69) is 105 Å². The van der Waals surface area contributed by atoms with E-state index in [1.54, 1.807) is 6.08 Å². The number of benzene rings is 3. The Balaban J connectivity index is 1.55. The van der Waals surface area contributed by atoms with E-state index in [1.807, 2.05) is 54.6 Å². The Labute approximate surface area is 242 Å². The Hall–Kier alpha value is -0.510. The van der Waals surface area contributed by atoms with E-state index < -0.39 is 5.97 Å². The van der Waals surface area contributed by atoms with Crippen molar-refractivity contribution in [3.63, 3.8) is 0 Å². The van der Waals surface area contributed by atoms with Crippen LogP contribution in [0.1, 0.15) is 16.7 Å². The zero-order chi connectivity index (χ0) is 22.8. The van der Waals surface area contributed by atoms with Crippen LogP contribution in [-0.4, -0.2) is 11.9 Å². The molecule has 4 rings (SSSR count). The molecule has 0 atom stereocenters. The number of hydrogen-bond acceptors (Lipinski definition) is 4. The molecule has 3 aromatic rings. The quantitative estimate of drug-likeness (QED) is 0.149. The lowest BCUT2D eigenvalue weighted by Crippen LogP contribution is -2.05. The zero-order valence-corrected chi connectivity index (χ0v) is 25.7. The highest BCUT2D eigenvalue weighted by atomic mass is 127. The van der Waals surface area contributed by atoms with Gasteiger partial charge in [0.1, 0.15) is 12.4 Å². The molecule has 0 fully saturated rings. The number of hydrogen-bond donors (Lipinski definition) is 0. The SMILES string of the molecule is O=C1OC(c2ccc(I)c(Br)c2)=N/C1=C\c1cc(I)c(OCc2ccc(Br)cc2)c(I)c1. The van der Waals surface area contributed by atoms with Crippen LogP contribution in [0.3, 0.4) is 0 Å². The molecule has 4 nitrogen and oxygen atoms in total. The number of aliphatic imine (C=N–C) groups is 1. The number of ether oxygens (including phenoxy) is 2. The van der Waals surface area contributed by atoms with Crippen LogP contribution in [0.25, 0.3) is 6.08 Å². The second-order valence-electron chi connectivity index (χ2n) is 6.69. The molecule has 0 unspecified atom stereocenters. The highest BCUT2D eigenvalue weighted by Gasteiger charge is 2.24. The first-order chi connectivity index (χ1) is 15.3. The number of halogens is 5. The van der Waals surface area contributed by atoms with Gasteiger partial charge in [0.05, 0.1) is 7.14 Å². The van der Waals surface area contributed by atoms with E-state index in [-0.39, 0.29) is 5.70 Å². The van der Waals surface area contributed by atoms with Crippen molar-refractivity contribution < 1.29 is 14.3 Å². The molecular formula is C23H12Br2I3NO3. The Morgan fingerprint density at radius 3 is 2.28 bits per heavy atom. The largest absolute Gasteiger partial charge is 0.487 e. The van der Waals surface area contributed by atoms with Gasteiger partial charge >= 0.3 is 5.97 Å². The van der Waals surface area contributed by atoms with Crippen molar-refractivity contribution in [1.29, 1.82) is 0 Å². The lowest BCUT2D eigenvalue weighted by molar-refractivity contribution is -0.129. The van der Waals surface area contributed by atoms with Gasteiger partial charge in [-0.25, -0.2) is 9.79 Å². The Kier molecular flexibility index (Phi) is 8.33. The van der Waals surface area contributed by atoms with Crippen LogP contribution in [0.5, 0.6) is 5.75 Å². The van der Waals surface area contributed by atoms with Crippen LogP contribution in [0.2, 0.25) is 0 Å². The smallest absolute Gasteiger partial charge is 0.363 e. The summed E-state index contributed by atoms with van der Waals surface area (Å²) in [7, 11) is 0. The molecule has 1 aliphatic rings. The molecule has 0 aromatic heterocycles. The minimum Gasteiger partial charge on any atom is -0.487 e. The minimum atomic E-state index is -0.463. The molecule has 0 radical (unpaired) electrons. The molecule has 3 aromatic carbocycles. The summed E-state index contributed by atoms with van der Waals surface area (Å²) in [4.78, 5) is 16.8. The van der Waals surface area contributed by atoms with E-state index >= 15 is 0 Å². The minimum absolute atomic E-state index is 0.268. The third kappa shape index (κ3) is 5.94. The summed E-state index contributed by atoms with van der Waals surface area (Å²) in [5.41, 5.74) is 2.96. The molecule has 0 saturated heterocycles. The maximum absolute atomic E-state index is 12.4. The van der Waals surface area contributed by atoms with Crippen LogP contribution in [-0.2, 0) is 16.1 Å². The summed E-state index contributed by atoms with van der Waals surface area (Å²) in [6.07, 6.45) is 1.74. The van der Waals surface area contributed by atoms with Gasteiger partial charge < -0.3 is 9.47 Å². The first kappa shape index (κ1) is 24.6. The maximum Gasteiger partial charge on any atom is 0.363 e. The molecule has 32 heavy (non-hydrogen) atoms.